The highest BCUT2D eigenvalue weighted by atomic mass is 32.2. The number of carboxylic acids is 1. The molecule has 1 unspecified atom stereocenters. The van der Waals surface area contributed by atoms with Crippen molar-refractivity contribution in [2.24, 2.45) is 0 Å². The van der Waals surface area contributed by atoms with Crippen molar-refractivity contribution in [3.63, 3.8) is 0 Å². The van der Waals surface area contributed by atoms with Crippen molar-refractivity contribution in [3.8, 4) is 0 Å². The van der Waals surface area contributed by atoms with Gasteiger partial charge >= 0.3 is 5.97 Å². The van der Waals surface area contributed by atoms with Gasteiger partial charge in [0.2, 0.25) is 10.0 Å². The summed E-state index contributed by atoms with van der Waals surface area (Å²) < 4.78 is 30.0. The number of aliphatic carboxylic acids is 1. The van der Waals surface area contributed by atoms with Crippen molar-refractivity contribution >= 4 is 16.0 Å². The molecule has 2 N–H and O–H groups in total. The van der Waals surface area contributed by atoms with E-state index in [1.165, 1.54) is 20.8 Å². The number of hydrogen-bond donors (Lipinski definition) is 2. The monoisotopic (exact) mass is 251 g/mol. The Hall–Kier alpha value is -0.660. The van der Waals surface area contributed by atoms with Crippen LogP contribution in [0.2, 0.25) is 0 Å². The third-order valence-electron chi connectivity index (χ3n) is 2.57. The first-order chi connectivity index (χ1) is 7.11. The van der Waals surface area contributed by atoms with E-state index in [-0.39, 0.29) is 19.6 Å². The molecule has 1 atom stereocenters. The Kier molecular flexibility index (Phi) is 3.33. The number of sulfonamides is 1. The van der Waals surface area contributed by atoms with Gasteiger partial charge in [-0.1, -0.05) is 0 Å². The zero-order valence-corrected chi connectivity index (χ0v) is 10.4. The molecule has 16 heavy (non-hydrogen) atoms. The van der Waals surface area contributed by atoms with Gasteiger partial charge in [0.25, 0.3) is 0 Å². The summed E-state index contributed by atoms with van der Waals surface area (Å²) in [4.78, 5) is 11.1. The Balaban J connectivity index is 2.99. The van der Waals surface area contributed by atoms with Gasteiger partial charge in [0.15, 0.2) is 5.54 Å². The average molecular weight is 251 g/mol. The van der Waals surface area contributed by atoms with Crippen molar-refractivity contribution in [1.29, 1.82) is 0 Å². The van der Waals surface area contributed by atoms with Gasteiger partial charge in [0.05, 0.1) is 11.4 Å². The Labute approximate surface area is 95.0 Å². The van der Waals surface area contributed by atoms with E-state index in [0.717, 1.165) is 0 Å². The van der Waals surface area contributed by atoms with Crippen molar-refractivity contribution in [2.75, 3.05) is 13.2 Å². The highest BCUT2D eigenvalue weighted by molar-refractivity contribution is 7.90. The van der Waals surface area contributed by atoms with Gasteiger partial charge in [0.1, 0.15) is 0 Å². The van der Waals surface area contributed by atoms with Crippen LogP contribution in [0.4, 0.5) is 0 Å². The normalized spacial score (nSPS) is 26.9. The van der Waals surface area contributed by atoms with Gasteiger partial charge in [-0.15, -0.1) is 0 Å². The summed E-state index contributed by atoms with van der Waals surface area (Å²) in [5.41, 5.74) is -1.51. The van der Waals surface area contributed by atoms with Crippen LogP contribution in [0.15, 0.2) is 0 Å². The van der Waals surface area contributed by atoms with Crippen LogP contribution in [-0.4, -0.2) is 43.0 Å². The summed E-state index contributed by atoms with van der Waals surface area (Å²) in [6, 6.07) is 0. The molecule has 1 aliphatic heterocycles. The smallest absolute Gasteiger partial charge is 0.327 e. The van der Waals surface area contributed by atoms with Crippen LogP contribution in [0.5, 0.6) is 0 Å². The molecule has 0 amide bonds. The van der Waals surface area contributed by atoms with Crippen molar-refractivity contribution < 1.29 is 23.1 Å². The van der Waals surface area contributed by atoms with Gasteiger partial charge in [0, 0.05) is 13.0 Å². The standard InChI is InChI=1S/C9H17NO5S/c1-8(2,3)16(13,14)10-9(7(11)12)4-5-15-6-9/h10H,4-6H2,1-3H3,(H,11,12). The van der Waals surface area contributed by atoms with Crippen LogP contribution in [0.3, 0.4) is 0 Å². The largest absolute Gasteiger partial charge is 0.480 e. The highest BCUT2D eigenvalue weighted by Crippen LogP contribution is 2.24. The van der Waals surface area contributed by atoms with Gasteiger partial charge in [-0.25, -0.2) is 8.42 Å². The van der Waals surface area contributed by atoms with Crippen LogP contribution in [0.25, 0.3) is 0 Å². The maximum absolute atomic E-state index is 11.9. The lowest BCUT2D eigenvalue weighted by molar-refractivity contribution is -0.144. The second-order valence-corrected chi connectivity index (χ2v) is 7.34. The molecule has 6 nitrogen and oxygen atoms in total. The first-order valence-electron chi connectivity index (χ1n) is 4.95. The first-order valence-corrected chi connectivity index (χ1v) is 6.44. The van der Waals surface area contributed by atoms with E-state index >= 15 is 0 Å². The lowest BCUT2D eigenvalue weighted by atomic mass is 10.0. The molecule has 7 heteroatoms. The van der Waals surface area contributed by atoms with Crippen LogP contribution in [0, 0.1) is 0 Å². The fourth-order valence-electron chi connectivity index (χ4n) is 1.27. The molecule has 0 aromatic rings. The minimum absolute atomic E-state index is 0.127. The minimum Gasteiger partial charge on any atom is -0.480 e. The van der Waals surface area contributed by atoms with Crippen LogP contribution >= 0.6 is 0 Å². The number of ether oxygens (including phenoxy) is 1. The SMILES string of the molecule is CC(C)(C)S(=O)(=O)NC1(C(=O)O)CCOC1. The highest BCUT2D eigenvalue weighted by Gasteiger charge is 2.48. The topological polar surface area (TPSA) is 92.7 Å². The van der Waals surface area contributed by atoms with E-state index in [1.54, 1.807) is 0 Å². The van der Waals surface area contributed by atoms with Crippen molar-refractivity contribution in [2.45, 2.75) is 37.5 Å². The van der Waals surface area contributed by atoms with Crippen molar-refractivity contribution in [1.82, 2.24) is 4.72 Å². The quantitative estimate of drug-likeness (QED) is 0.733. The Bertz CT molecular complexity index is 375. The van der Waals surface area contributed by atoms with Crippen LogP contribution in [-0.2, 0) is 19.6 Å². The summed E-state index contributed by atoms with van der Waals surface area (Å²) in [5, 5.41) is 9.09. The summed E-state index contributed by atoms with van der Waals surface area (Å²) in [6.07, 6.45) is 0.150. The molecule has 1 rings (SSSR count). The molecule has 1 fully saturated rings. The zero-order chi connectivity index (χ0) is 12.6. The van der Waals surface area contributed by atoms with E-state index in [2.05, 4.69) is 4.72 Å². The van der Waals surface area contributed by atoms with Gasteiger partial charge in [-0.05, 0) is 20.8 Å². The maximum Gasteiger partial charge on any atom is 0.327 e. The Morgan fingerprint density at radius 3 is 2.31 bits per heavy atom. The van der Waals surface area contributed by atoms with E-state index in [4.69, 9.17) is 9.84 Å². The second kappa shape index (κ2) is 3.97. The van der Waals surface area contributed by atoms with Gasteiger partial charge < -0.3 is 9.84 Å². The lowest BCUT2D eigenvalue weighted by Gasteiger charge is -2.28. The number of carbonyl (C=O) groups is 1. The molecule has 94 valence electrons. The lowest BCUT2D eigenvalue weighted by Crippen LogP contribution is -2.58. The van der Waals surface area contributed by atoms with Gasteiger partial charge in [-0.3, -0.25) is 4.79 Å². The molecule has 0 radical (unpaired) electrons. The van der Waals surface area contributed by atoms with Crippen molar-refractivity contribution in [3.05, 3.63) is 0 Å². The molecule has 1 heterocycles. The Morgan fingerprint density at radius 2 is 2.00 bits per heavy atom. The molecule has 0 aromatic carbocycles. The van der Waals surface area contributed by atoms with E-state index in [9.17, 15) is 13.2 Å². The molecular formula is C9H17NO5S. The number of hydrogen-bond acceptors (Lipinski definition) is 4. The minimum atomic E-state index is -3.70. The summed E-state index contributed by atoms with van der Waals surface area (Å²) in [7, 11) is -3.70. The molecule has 0 bridgehead atoms. The predicted molar refractivity (Wildman–Crippen MR) is 57.6 cm³/mol. The van der Waals surface area contributed by atoms with E-state index < -0.39 is 26.3 Å². The maximum atomic E-state index is 11.9. The fraction of sp³-hybridized carbons (Fsp3) is 0.889. The average Bonchev–Trinajstić information content (AvgIpc) is 2.50. The zero-order valence-electron chi connectivity index (χ0n) is 9.61. The van der Waals surface area contributed by atoms with E-state index in [0.29, 0.717) is 0 Å². The number of carboxylic acid groups (broad SMARTS) is 1. The molecule has 0 aromatic heterocycles. The second-order valence-electron chi connectivity index (χ2n) is 4.91. The number of rotatable bonds is 3. The van der Waals surface area contributed by atoms with E-state index in [1.807, 2.05) is 0 Å². The summed E-state index contributed by atoms with van der Waals surface area (Å²) >= 11 is 0. The molecule has 1 aliphatic rings. The molecule has 0 aliphatic carbocycles. The first kappa shape index (κ1) is 13.4. The fourth-order valence-corrected chi connectivity index (χ4v) is 2.34. The summed E-state index contributed by atoms with van der Waals surface area (Å²) in [5.74, 6) is -1.20. The number of nitrogens with one attached hydrogen (secondary N) is 1. The van der Waals surface area contributed by atoms with Crippen LogP contribution in [0.1, 0.15) is 27.2 Å². The third-order valence-corrected chi connectivity index (χ3v) is 4.84. The summed E-state index contributed by atoms with van der Waals surface area (Å²) in [6.45, 7) is 4.67. The Morgan fingerprint density at radius 1 is 1.44 bits per heavy atom. The van der Waals surface area contributed by atoms with Gasteiger partial charge in [-0.2, -0.15) is 4.72 Å². The third kappa shape index (κ3) is 2.36. The van der Waals surface area contributed by atoms with Crippen LogP contribution < -0.4 is 4.72 Å². The predicted octanol–water partition coefficient (Wildman–Crippen LogP) is -0.0520. The molecule has 1 saturated heterocycles. The molecule has 0 spiro atoms. The molecular weight excluding hydrogens is 234 g/mol. The molecule has 0 saturated carbocycles.